The lowest BCUT2D eigenvalue weighted by Gasteiger charge is -2.27. The Kier molecular flexibility index (Phi) is 5.99. The van der Waals surface area contributed by atoms with Crippen molar-refractivity contribution >= 4 is 5.91 Å². The van der Waals surface area contributed by atoms with Gasteiger partial charge in [-0.25, -0.2) is 0 Å². The van der Waals surface area contributed by atoms with E-state index in [0.717, 1.165) is 5.56 Å². The van der Waals surface area contributed by atoms with Crippen LogP contribution in [0.3, 0.4) is 0 Å². The molecule has 1 atom stereocenters. The average Bonchev–Trinajstić information content (AvgIpc) is 2.43. The normalized spacial score (nSPS) is 13.1. The van der Waals surface area contributed by atoms with Crippen molar-refractivity contribution in [3.8, 4) is 0 Å². The van der Waals surface area contributed by atoms with Gasteiger partial charge in [0.15, 0.2) is 0 Å². The Labute approximate surface area is 115 Å². The molecule has 0 aromatic heterocycles. The molecule has 4 nitrogen and oxygen atoms in total. The minimum atomic E-state index is -0.449. The van der Waals surface area contributed by atoms with E-state index in [1.54, 1.807) is 14.2 Å². The number of nitrogens with one attached hydrogen (secondary N) is 2. The van der Waals surface area contributed by atoms with Crippen molar-refractivity contribution in [3.05, 3.63) is 35.9 Å². The molecule has 0 saturated heterocycles. The quantitative estimate of drug-likeness (QED) is 0.788. The number of ether oxygens (including phenoxy) is 1. The molecule has 1 aromatic rings. The van der Waals surface area contributed by atoms with E-state index in [1.165, 1.54) is 0 Å². The van der Waals surface area contributed by atoms with E-state index in [0.29, 0.717) is 13.2 Å². The van der Waals surface area contributed by atoms with Gasteiger partial charge in [-0.3, -0.25) is 4.79 Å². The molecule has 106 valence electrons. The summed E-state index contributed by atoms with van der Waals surface area (Å²) < 4.78 is 5.25. The molecule has 4 heteroatoms. The second-order valence-electron chi connectivity index (χ2n) is 5.26. The van der Waals surface area contributed by atoms with Crippen molar-refractivity contribution in [1.82, 2.24) is 10.6 Å². The highest BCUT2D eigenvalue weighted by atomic mass is 16.5. The molecule has 1 rings (SSSR count). The van der Waals surface area contributed by atoms with Crippen LogP contribution in [0.5, 0.6) is 0 Å². The number of methoxy groups -OCH3 is 1. The van der Waals surface area contributed by atoms with Crippen LogP contribution in [-0.4, -0.2) is 33.2 Å². The van der Waals surface area contributed by atoms with Crippen LogP contribution in [0.2, 0.25) is 0 Å². The predicted octanol–water partition coefficient (Wildman–Crippen LogP) is 1.74. The highest BCUT2D eigenvalue weighted by Crippen LogP contribution is 2.18. The van der Waals surface area contributed by atoms with E-state index in [1.807, 2.05) is 32.0 Å². The van der Waals surface area contributed by atoms with Gasteiger partial charge in [-0.1, -0.05) is 30.3 Å². The van der Waals surface area contributed by atoms with Gasteiger partial charge in [0.2, 0.25) is 5.91 Å². The van der Waals surface area contributed by atoms with Crippen molar-refractivity contribution in [3.63, 3.8) is 0 Å². The second-order valence-corrected chi connectivity index (χ2v) is 5.26. The van der Waals surface area contributed by atoms with Crippen LogP contribution in [0.1, 0.15) is 25.5 Å². The summed E-state index contributed by atoms with van der Waals surface area (Å²) in [6, 6.07) is 10.2. The molecule has 0 bridgehead atoms. The first-order valence-electron chi connectivity index (χ1n) is 6.50. The van der Waals surface area contributed by atoms with Crippen LogP contribution >= 0.6 is 0 Å². The van der Waals surface area contributed by atoms with Crippen molar-refractivity contribution in [2.45, 2.75) is 19.9 Å². The summed E-state index contributed by atoms with van der Waals surface area (Å²) in [6.07, 6.45) is 0. The molecule has 1 amide bonds. The monoisotopic (exact) mass is 264 g/mol. The maximum Gasteiger partial charge on any atom is 0.226 e. The maximum absolute atomic E-state index is 11.8. The Morgan fingerprint density at radius 2 is 1.95 bits per heavy atom. The smallest absolute Gasteiger partial charge is 0.226 e. The van der Waals surface area contributed by atoms with Crippen LogP contribution in [-0.2, 0) is 9.53 Å². The van der Waals surface area contributed by atoms with Crippen LogP contribution < -0.4 is 10.6 Å². The number of carbonyl (C=O) groups is 1. The number of hydrogen-bond acceptors (Lipinski definition) is 3. The largest absolute Gasteiger partial charge is 0.383 e. The number of benzene rings is 1. The third-order valence-electron chi connectivity index (χ3n) is 3.17. The standard InChI is InChI=1S/C15H24N2O2/c1-15(2,14(18)16-3)11-17-13(10-19-4)12-8-6-5-7-9-12/h5-9,13,17H,10-11H2,1-4H3,(H,16,18). The van der Waals surface area contributed by atoms with E-state index in [2.05, 4.69) is 22.8 Å². The molecule has 0 aliphatic rings. The molecular formula is C15H24N2O2. The van der Waals surface area contributed by atoms with Gasteiger partial charge in [-0.15, -0.1) is 0 Å². The highest BCUT2D eigenvalue weighted by Gasteiger charge is 2.27. The molecule has 19 heavy (non-hydrogen) atoms. The van der Waals surface area contributed by atoms with Crippen molar-refractivity contribution in [1.29, 1.82) is 0 Å². The Balaban J connectivity index is 2.68. The molecule has 0 aliphatic heterocycles. The predicted molar refractivity (Wildman–Crippen MR) is 76.9 cm³/mol. The minimum absolute atomic E-state index is 0.0317. The first kappa shape index (κ1) is 15.7. The number of hydrogen-bond donors (Lipinski definition) is 2. The summed E-state index contributed by atoms with van der Waals surface area (Å²) in [5.74, 6) is 0.0317. The summed E-state index contributed by atoms with van der Waals surface area (Å²) in [6.45, 7) is 5.02. The Bertz CT molecular complexity index is 390. The molecule has 2 N–H and O–H groups in total. The van der Waals surface area contributed by atoms with Gasteiger partial charge in [0.05, 0.1) is 18.1 Å². The van der Waals surface area contributed by atoms with E-state index in [9.17, 15) is 4.79 Å². The molecule has 0 fully saturated rings. The Morgan fingerprint density at radius 3 is 2.47 bits per heavy atom. The number of amides is 1. The van der Waals surface area contributed by atoms with Crippen LogP contribution in [0, 0.1) is 5.41 Å². The van der Waals surface area contributed by atoms with Gasteiger partial charge in [0.25, 0.3) is 0 Å². The lowest BCUT2D eigenvalue weighted by molar-refractivity contribution is -0.128. The van der Waals surface area contributed by atoms with Crippen molar-refractivity contribution in [2.24, 2.45) is 5.41 Å². The van der Waals surface area contributed by atoms with E-state index < -0.39 is 5.41 Å². The van der Waals surface area contributed by atoms with Gasteiger partial charge in [0, 0.05) is 20.7 Å². The first-order valence-corrected chi connectivity index (χ1v) is 6.50. The third kappa shape index (κ3) is 4.65. The summed E-state index contributed by atoms with van der Waals surface area (Å²) in [7, 11) is 3.34. The summed E-state index contributed by atoms with van der Waals surface area (Å²) >= 11 is 0. The zero-order chi connectivity index (χ0) is 14.3. The molecule has 0 heterocycles. The highest BCUT2D eigenvalue weighted by molar-refractivity contribution is 5.81. The Morgan fingerprint density at radius 1 is 1.32 bits per heavy atom. The molecule has 1 unspecified atom stereocenters. The summed E-state index contributed by atoms with van der Waals surface area (Å²) in [5.41, 5.74) is 0.715. The van der Waals surface area contributed by atoms with Gasteiger partial charge in [0.1, 0.15) is 0 Å². The number of rotatable bonds is 7. The zero-order valence-electron chi connectivity index (χ0n) is 12.2. The van der Waals surface area contributed by atoms with E-state index in [-0.39, 0.29) is 11.9 Å². The SMILES string of the molecule is CNC(=O)C(C)(C)CNC(COC)c1ccccc1. The third-order valence-corrected chi connectivity index (χ3v) is 3.17. The van der Waals surface area contributed by atoms with Crippen molar-refractivity contribution < 1.29 is 9.53 Å². The maximum atomic E-state index is 11.8. The second kappa shape index (κ2) is 7.26. The summed E-state index contributed by atoms with van der Waals surface area (Å²) in [4.78, 5) is 11.8. The van der Waals surface area contributed by atoms with Crippen LogP contribution in [0.25, 0.3) is 0 Å². The van der Waals surface area contributed by atoms with Gasteiger partial charge in [-0.2, -0.15) is 0 Å². The molecular weight excluding hydrogens is 240 g/mol. The average molecular weight is 264 g/mol. The lowest BCUT2D eigenvalue weighted by atomic mass is 9.91. The first-order chi connectivity index (χ1) is 9.01. The van der Waals surface area contributed by atoms with Gasteiger partial charge < -0.3 is 15.4 Å². The molecule has 0 spiro atoms. The fourth-order valence-electron chi connectivity index (χ4n) is 1.92. The van der Waals surface area contributed by atoms with Crippen molar-refractivity contribution in [2.75, 3.05) is 27.3 Å². The molecule has 0 aliphatic carbocycles. The fraction of sp³-hybridized carbons (Fsp3) is 0.533. The molecule has 0 radical (unpaired) electrons. The molecule has 1 aromatic carbocycles. The zero-order valence-corrected chi connectivity index (χ0v) is 12.2. The van der Waals surface area contributed by atoms with Gasteiger partial charge in [-0.05, 0) is 19.4 Å². The van der Waals surface area contributed by atoms with Crippen LogP contribution in [0.15, 0.2) is 30.3 Å². The lowest BCUT2D eigenvalue weighted by Crippen LogP contribution is -2.43. The fourth-order valence-corrected chi connectivity index (χ4v) is 1.92. The Hall–Kier alpha value is -1.39. The summed E-state index contributed by atoms with van der Waals surface area (Å²) in [5, 5.41) is 6.10. The molecule has 0 saturated carbocycles. The van der Waals surface area contributed by atoms with E-state index >= 15 is 0 Å². The van der Waals surface area contributed by atoms with E-state index in [4.69, 9.17) is 4.74 Å². The number of carbonyl (C=O) groups excluding carboxylic acids is 1. The van der Waals surface area contributed by atoms with Crippen LogP contribution in [0.4, 0.5) is 0 Å². The minimum Gasteiger partial charge on any atom is -0.383 e. The topological polar surface area (TPSA) is 50.4 Å². The van der Waals surface area contributed by atoms with Gasteiger partial charge >= 0.3 is 0 Å².